The maximum atomic E-state index is 13.6. The summed E-state index contributed by atoms with van der Waals surface area (Å²) in [6, 6.07) is 18.5. The number of pyridine rings is 1. The van der Waals surface area contributed by atoms with E-state index in [1.54, 1.807) is 0 Å². The second-order valence-corrected chi connectivity index (χ2v) is 9.02. The number of H-pyrrole nitrogens is 2. The number of hydrogen-bond donors (Lipinski definition) is 2. The summed E-state index contributed by atoms with van der Waals surface area (Å²) in [7, 11) is 2.19. The van der Waals surface area contributed by atoms with Crippen molar-refractivity contribution in [1.82, 2.24) is 24.8 Å². The molecule has 1 saturated heterocycles. The minimum atomic E-state index is -0.318. The molecule has 5 nitrogen and oxygen atoms in total. The molecule has 2 aromatic carbocycles. The van der Waals surface area contributed by atoms with Crippen molar-refractivity contribution in [3.8, 4) is 22.3 Å². The van der Waals surface area contributed by atoms with Crippen LogP contribution >= 0.6 is 0 Å². The van der Waals surface area contributed by atoms with Crippen LogP contribution in [0.3, 0.4) is 0 Å². The van der Waals surface area contributed by atoms with Crippen LogP contribution < -0.4 is 0 Å². The van der Waals surface area contributed by atoms with Gasteiger partial charge in [0.15, 0.2) is 5.95 Å². The van der Waals surface area contributed by atoms with Gasteiger partial charge < -0.3 is 14.9 Å². The number of nitrogens with zero attached hydrogens (tertiary/aromatic N) is 3. The predicted molar refractivity (Wildman–Crippen MR) is 132 cm³/mol. The van der Waals surface area contributed by atoms with Gasteiger partial charge >= 0.3 is 0 Å². The van der Waals surface area contributed by atoms with Gasteiger partial charge in [-0.05, 0) is 41.9 Å². The molecule has 6 heteroatoms. The summed E-state index contributed by atoms with van der Waals surface area (Å²) in [5.74, 6) is -0.318. The van der Waals surface area contributed by atoms with E-state index in [1.807, 2.05) is 30.6 Å². The Morgan fingerprint density at radius 2 is 1.70 bits per heavy atom. The lowest BCUT2D eigenvalue weighted by molar-refractivity contribution is 0.148. The van der Waals surface area contributed by atoms with E-state index in [1.165, 1.54) is 11.6 Å². The number of aromatic amines is 2. The van der Waals surface area contributed by atoms with Gasteiger partial charge in [0.2, 0.25) is 0 Å². The van der Waals surface area contributed by atoms with Crippen molar-refractivity contribution < 1.29 is 4.39 Å². The number of nitrogens with one attached hydrogen (secondary N) is 2. The third-order valence-corrected chi connectivity index (χ3v) is 6.72. The molecule has 0 unspecified atom stereocenters. The summed E-state index contributed by atoms with van der Waals surface area (Å²) >= 11 is 0. The molecule has 4 heterocycles. The zero-order valence-electron chi connectivity index (χ0n) is 18.6. The van der Waals surface area contributed by atoms with Crippen LogP contribution in [-0.4, -0.2) is 58.0 Å². The van der Waals surface area contributed by atoms with E-state index in [-0.39, 0.29) is 5.95 Å². The molecule has 0 atom stereocenters. The van der Waals surface area contributed by atoms with Crippen molar-refractivity contribution in [1.29, 1.82) is 0 Å². The van der Waals surface area contributed by atoms with Gasteiger partial charge in [-0.1, -0.05) is 30.3 Å². The highest BCUT2D eigenvalue weighted by Gasteiger charge is 2.14. The fraction of sp³-hybridized carbons (Fsp3) is 0.222. The quantitative estimate of drug-likeness (QED) is 0.401. The van der Waals surface area contributed by atoms with E-state index >= 15 is 0 Å². The van der Waals surface area contributed by atoms with Crippen molar-refractivity contribution in [2.24, 2.45) is 0 Å². The van der Waals surface area contributed by atoms with Crippen LogP contribution in [-0.2, 0) is 6.54 Å². The summed E-state index contributed by atoms with van der Waals surface area (Å²) in [5, 5.41) is 1.92. The molecule has 0 saturated carbocycles. The number of aromatic nitrogens is 3. The molecule has 1 fully saturated rings. The summed E-state index contributed by atoms with van der Waals surface area (Å²) in [6.45, 7) is 5.51. The Bertz CT molecular complexity index is 1420. The molecular formula is C27H26FN5. The average molecular weight is 440 g/mol. The van der Waals surface area contributed by atoms with Crippen molar-refractivity contribution in [2.45, 2.75) is 6.54 Å². The lowest BCUT2D eigenvalue weighted by atomic mass is 10.0. The lowest BCUT2D eigenvalue weighted by Gasteiger charge is -2.32. The van der Waals surface area contributed by atoms with Crippen LogP contribution in [0.5, 0.6) is 0 Å². The first-order chi connectivity index (χ1) is 16.1. The average Bonchev–Trinajstić information content (AvgIpc) is 3.42. The van der Waals surface area contributed by atoms with Crippen LogP contribution in [0.2, 0.25) is 0 Å². The molecule has 0 bridgehead atoms. The Kier molecular flexibility index (Phi) is 4.97. The van der Waals surface area contributed by atoms with Crippen molar-refractivity contribution in [3.05, 3.63) is 78.5 Å². The Morgan fingerprint density at radius 1 is 0.909 bits per heavy atom. The minimum Gasteiger partial charge on any atom is -0.346 e. The summed E-state index contributed by atoms with van der Waals surface area (Å²) in [4.78, 5) is 15.6. The topological polar surface area (TPSA) is 50.9 Å². The monoisotopic (exact) mass is 439 g/mol. The maximum absolute atomic E-state index is 13.6. The van der Waals surface area contributed by atoms with Gasteiger partial charge in [-0.15, -0.1) is 0 Å². The summed E-state index contributed by atoms with van der Waals surface area (Å²) < 4.78 is 13.6. The highest BCUT2D eigenvalue weighted by Crippen LogP contribution is 2.32. The van der Waals surface area contributed by atoms with Gasteiger partial charge in [0.1, 0.15) is 5.65 Å². The molecule has 166 valence electrons. The summed E-state index contributed by atoms with van der Waals surface area (Å²) in [6.07, 6.45) is 3.90. The molecule has 5 aromatic rings. The van der Waals surface area contributed by atoms with E-state index in [2.05, 4.69) is 62.1 Å². The maximum Gasteiger partial charge on any atom is 0.192 e. The molecule has 3 aromatic heterocycles. The molecule has 1 aliphatic rings. The molecular weight excluding hydrogens is 413 g/mol. The number of halogens is 1. The molecule has 6 rings (SSSR count). The van der Waals surface area contributed by atoms with Gasteiger partial charge in [-0.25, -0.2) is 4.98 Å². The van der Waals surface area contributed by atoms with E-state index in [9.17, 15) is 4.39 Å². The second kappa shape index (κ2) is 8.14. The molecule has 33 heavy (non-hydrogen) atoms. The van der Waals surface area contributed by atoms with Gasteiger partial charge in [0.05, 0.1) is 0 Å². The highest BCUT2D eigenvalue weighted by molar-refractivity contribution is 5.98. The Labute approximate surface area is 191 Å². The van der Waals surface area contributed by atoms with Crippen LogP contribution in [0.25, 0.3) is 44.2 Å². The normalized spacial score (nSPS) is 15.6. The Hall–Kier alpha value is -3.48. The third kappa shape index (κ3) is 3.92. The fourth-order valence-corrected chi connectivity index (χ4v) is 4.73. The Balaban J connectivity index is 1.28. The number of fused-ring (bicyclic) bond motifs is 2. The van der Waals surface area contributed by atoms with Gasteiger partial charge in [-0.3, -0.25) is 4.90 Å². The fourth-order valence-electron chi connectivity index (χ4n) is 4.73. The van der Waals surface area contributed by atoms with Gasteiger partial charge in [-0.2, -0.15) is 4.39 Å². The van der Waals surface area contributed by atoms with Gasteiger partial charge in [0, 0.05) is 78.6 Å². The predicted octanol–water partition coefficient (Wildman–Crippen LogP) is 5.26. The molecule has 2 N–H and O–H groups in total. The SMILES string of the molecule is CN1CCN(Cc2ccc(-c3cnc4[nH]cc(-c5ccc6[nH]c(F)cc6c5)c4c3)cc2)CC1. The molecule has 0 radical (unpaired) electrons. The number of piperazine rings is 1. The van der Waals surface area contributed by atoms with Crippen LogP contribution in [0, 0.1) is 5.95 Å². The van der Waals surface area contributed by atoms with Crippen LogP contribution in [0.4, 0.5) is 4.39 Å². The first-order valence-corrected chi connectivity index (χ1v) is 11.4. The standard InChI is InChI=1S/C27H26FN5/c1-32-8-10-33(11-9-32)17-18-2-4-19(5-3-18)22-13-23-24(16-30-27(23)29-15-22)20-6-7-25-21(12-20)14-26(28)31-25/h2-7,12-16,31H,8-11,17H2,1H3,(H,29,30). The van der Waals surface area contributed by atoms with Crippen molar-refractivity contribution >= 4 is 21.9 Å². The number of hydrogen-bond acceptors (Lipinski definition) is 3. The van der Waals surface area contributed by atoms with Gasteiger partial charge in [0.25, 0.3) is 0 Å². The molecule has 1 aliphatic heterocycles. The minimum absolute atomic E-state index is 0.318. The smallest absolute Gasteiger partial charge is 0.192 e. The van der Waals surface area contributed by atoms with E-state index in [4.69, 9.17) is 0 Å². The number of benzene rings is 2. The Morgan fingerprint density at radius 3 is 2.52 bits per heavy atom. The first-order valence-electron chi connectivity index (χ1n) is 11.4. The molecule has 0 amide bonds. The lowest BCUT2D eigenvalue weighted by Crippen LogP contribution is -2.43. The highest BCUT2D eigenvalue weighted by atomic mass is 19.1. The number of rotatable bonds is 4. The summed E-state index contributed by atoms with van der Waals surface area (Å²) in [5.41, 5.74) is 7.33. The zero-order valence-corrected chi connectivity index (χ0v) is 18.6. The number of likely N-dealkylation sites (N-methyl/N-ethyl adjacent to an activating group) is 1. The van der Waals surface area contributed by atoms with Crippen LogP contribution in [0.1, 0.15) is 5.56 Å². The third-order valence-electron chi connectivity index (χ3n) is 6.72. The van der Waals surface area contributed by atoms with Crippen molar-refractivity contribution in [3.63, 3.8) is 0 Å². The molecule has 0 spiro atoms. The second-order valence-electron chi connectivity index (χ2n) is 9.02. The van der Waals surface area contributed by atoms with Crippen molar-refractivity contribution in [2.75, 3.05) is 33.2 Å². The van der Waals surface area contributed by atoms with E-state index in [0.717, 1.165) is 76.9 Å². The molecule has 0 aliphatic carbocycles. The largest absolute Gasteiger partial charge is 0.346 e. The van der Waals surface area contributed by atoms with E-state index in [0.29, 0.717) is 0 Å². The zero-order chi connectivity index (χ0) is 22.4. The van der Waals surface area contributed by atoms with Crippen LogP contribution in [0.15, 0.2) is 67.0 Å². The van der Waals surface area contributed by atoms with E-state index < -0.39 is 0 Å². The first kappa shape index (κ1) is 20.1.